The largest absolute Gasteiger partial charge is 0.379 e. The third-order valence-electron chi connectivity index (χ3n) is 6.04. The molecular weight excluding hydrogens is 274 g/mol. The third-order valence-corrected chi connectivity index (χ3v) is 6.04. The molecule has 0 radical (unpaired) electrons. The van der Waals surface area contributed by atoms with Gasteiger partial charge in [0.25, 0.3) is 0 Å². The minimum atomic E-state index is 0.123. The van der Waals surface area contributed by atoms with Crippen molar-refractivity contribution in [3.63, 3.8) is 0 Å². The zero-order valence-corrected chi connectivity index (χ0v) is 13.7. The van der Waals surface area contributed by atoms with Gasteiger partial charge in [0.05, 0.1) is 13.2 Å². The Morgan fingerprint density at radius 1 is 1.14 bits per heavy atom. The number of ketones is 1. The Labute approximate surface area is 132 Å². The summed E-state index contributed by atoms with van der Waals surface area (Å²) < 4.78 is 5.41. The van der Waals surface area contributed by atoms with Crippen LogP contribution in [0, 0.1) is 5.41 Å². The summed E-state index contributed by atoms with van der Waals surface area (Å²) in [7, 11) is 0. The maximum atomic E-state index is 12.0. The first-order valence-electron chi connectivity index (χ1n) is 8.50. The number of carbonyl (C=O) groups is 1. The molecule has 2 saturated heterocycles. The first-order valence-corrected chi connectivity index (χ1v) is 8.50. The average Bonchev–Trinajstić information content (AvgIpc) is 3.24. The van der Waals surface area contributed by atoms with E-state index in [2.05, 4.69) is 24.0 Å². The van der Waals surface area contributed by atoms with Crippen molar-refractivity contribution in [2.75, 3.05) is 31.2 Å². The minimum absolute atomic E-state index is 0.123. The van der Waals surface area contributed by atoms with Crippen molar-refractivity contribution in [1.29, 1.82) is 0 Å². The fraction of sp³-hybridized carbons (Fsp3) is 0.632. The van der Waals surface area contributed by atoms with Crippen LogP contribution in [0.5, 0.6) is 0 Å². The molecule has 0 atom stereocenters. The number of ether oxygens (including phenoxy) is 1. The van der Waals surface area contributed by atoms with Gasteiger partial charge in [0, 0.05) is 29.8 Å². The summed E-state index contributed by atoms with van der Waals surface area (Å²) in [6, 6.07) is 6.40. The van der Waals surface area contributed by atoms with Gasteiger partial charge >= 0.3 is 0 Å². The maximum Gasteiger partial charge on any atom is 0.161 e. The lowest BCUT2D eigenvalue weighted by atomic mass is 9.80. The number of rotatable bonds is 3. The molecule has 3 aliphatic rings. The van der Waals surface area contributed by atoms with E-state index in [1.54, 1.807) is 6.92 Å². The normalized spacial score (nSPS) is 24.9. The van der Waals surface area contributed by atoms with Crippen LogP contribution >= 0.6 is 0 Å². The number of Topliss-reactive ketones (excluding diaryl/α,β-unsaturated/α-hetero) is 1. The summed E-state index contributed by atoms with van der Waals surface area (Å²) in [5.41, 5.74) is 4.12. The van der Waals surface area contributed by atoms with Crippen LogP contribution in [-0.2, 0) is 10.2 Å². The summed E-state index contributed by atoms with van der Waals surface area (Å²) >= 11 is 0. The molecule has 0 aromatic heterocycles. The molecule has 2 aliphatic heterocycles. The molecular formula is C19H25NO2. The summed E-state index contributed by atoms with van der Waals surface area (Å²) in [6.45, 7) is 7.69. The quantitative estimate of drug-likeness (QED) is 0.799. The average molecular weight is 299 g/mol. The van der Waals surface area contributed by atoms with Crippen molar-refractivity contribution in [1.82, 2.24) is 0 Å². The van der Waals surface area contributed by atoms with Crippen LogP contribution in [0.25, 0.3) is 0 Å². The van der Waals surface area contributed by atoms with Crippen molar-refractivity contribution < 1.29 is 9.53 Å². The van der Waals surface area contributed by atoms with Crippen molar-refractivity contribution in [3.05, 3.63) is 29.3 Å². The molecule has 1 aromatic carbocycles. The van der Waals surface area contributed by atoms with E-state index in [0.29, 0.717) is 5.41 Å². The second kappa shape index (κ2) is 4.82. The Morgan fingerprint density at radius 3 is 2.32 bits per heavy atom. The molecule has 0 N–H and O–H groups in total. The summed E-state index contributed by atoms with van der Waals surface area (Å²) in [6.07, 6.45) is 5.40. The van der Waals surface area contributed by atoms with Gasteiger partial charge in [-0.05, 0) is 55.7 Å². The smallest absolute Gasteiger partial charge is 0.161 e. The lowest BCUT2D eigenvalue weighted by molar-refractivity contribution is -0.0499. The highest BCUT2D eigenvalue weighted by molar-refractivity contribution is 6.00. The van der Waals surface area contributed by atoms with Gasteiger partial charge in [-0.1, -0.05) is 13.0 Å². The number of nitrogens with zero attached hydrogens (tertiary/aromatic N) is 1. The molecule has 1 spiro atoms. The Morgan fingerprint density at radius 2 is 1.82 bits per heavy atom. The molecule has 3 heteroatoms. The molecule has 118 valence electrons. The maximum absolute atomic E-state index is 12.0. The predicted molar refractivity (Wildman–Crippen MR) is 87.7 cm³/mol. The number of carbonyl (C=O) groups excluding carboxylic acids is 1. The fourth-order valence-electron chi connectivity index (χ4n) is 3.94. The second-order valence-corrected chi connectivity index (χ2v) is 7.83. The third kappa shape index (κ3) is 2.26. The highest BCUT2D eigenvalue weighted by Gasteiger charge is 2.45. The number of hydrogen-bond acceptors (Lipinski definition) is 3. The molecule has 22 heavy (non-hydrogen) atoms. The van der Waals surface area contributed by atoms with Crippen LogP contribution in [0.1, 0.15) is 55.5 Å². The first kappa shape index (κ1) is 14.3. The highest BCUT2D eigenvalue weighted by atomic mass is 16.5. The van der Waals surface area contributed by atoms with E-state index in [9.17, 15) is 4.79 Å². The SMILES string of the molecule is CC(=O)c1ccc(C2(C)COC2)cc1N1CCC2(CC1)CC2. The Kier molecular flexibility index (Phi) is 3.12. The summed E-state index contributed by atoms with van der Waals surface area (Å²) in [5, 5.41) is 0. The van der Waals surface area contributed by atoms with Gasteiger partial charge in [-0.25, -0.2) is 0 Å². The number of hydrogen-bond donors (Lipinski definition) is 0. The summed E-state index contributed by atoms with van der Waals surface area (Å²) in [4.78, 5) is 14.5. The van der Waals surface area contributed by atoms with Gasteiger partial charge in [0.2, 0.25) is 0 Å². The number of anilines is 1. The molecule has 3 fully saturated rings. The topological polar surface area (TPSA) is 29.5 Å². The molecule has 1 aliphatic carbocycles. The molecule has 0 unspecified atom stereocenters. The predicted octanol–water partition coefficient (Wildman–Crippen LogP) is 3.56. The molecule has 1 saturated carbocycles. The van der Waals surface area contributed by atoms with E-state index in [0.717, 1.165) is 37.6 Å². The van der Waals surface area contributed by atoms with Gasteiger partial charge < -0.3 is 9.64 Å². The fourth-order valence-corrected chi connectivity index (χ4v) is 3.94. The molecule has 0 bridgehead atoms. The van der Waals surface area contributed by atoms with Crippen LogP contribution in [0.15, 0.2) is 18.2 Å². The van der Waals surface area contributed by atoms with Crippen molar-refractivity contribution in [3.8, 4) is 0 Å². The van der Waals surface area contributed by atoms with Crippen LogP contribution < -0.4 is 4.90 Å². The van der Waals surface area contributed by atoms with E-state index >= 15 is 0 Å². The van der Waals surface area contributed by atoms with Gasteiger partial charge in [0.15, 0.2) is 5.78 Å². The molecule has 1 aromatic rings. The van der Waals surface area contributed by atoms with E-state index in [1.165, 1.54) is 31.2 Å². The van der Waals surface area contributed by atoms with Gasteiger partial charge in [0.1, 0.15) is 0 Å². The second-order valence-electron chi connectivity index (χ2n) is 7.83. The number of benzene rings is 1. The monoisotopic (exact) mass is 299 g/mol. The molecule has 4 rings (SSSR count). The number of piperidine rings is 1. The van der Waals surface area contributed by atoms with E-state index in [-0.39, 0.29) is 11.2 Å². The van der Waals surface area contributed by atoms with Gasteiger partial charge in [-0.2, -0.15) is 0 Å². The van der Waals surface area contributed by atoms with Crippen LogP contribution in [0.4, 0.5) is 5.69 Å². The van der Waals surface area contributed by atoms with Crippen LogP contribution in [0.2, 0.25) is 0 Å². The van der Waals surface area contributed by atoms with Gasteiger partial charge in [-0.15, -0.1) is 0 Å². The molecule has 3 nitrogen and oxygen atoms in total. The Hall–Kier alpha value is -1.35. The Balaban J connectivity index is 1.65. The van der Waals surface area contributed by atoms with E-state index in [1.807, 2.05) is 6.07 Å². The zero-order valence-electron chi connectivity index (χ0n) is 13.7. The lowest BCUT2D eigenvalue weighted by Crippen LogP contribution is -2.44. The zero-order chi connectivity index (χ0) is 15.4. The highest BCUT2D eigenvalue weighted by Crippen LogP contribution is 2.54. The van der Waals surface area contributed by atoms with Crippen molar-refractivity contribution in [2.45, 2.75) is 44.9 Å². The summed E-state index contributed by atoms with van der Waals surface area (Å²) in [5.74, 6) is 0.170. The molecule has 2 heterocycles. The van der Waals surface area contributed by atoms with Crippen molar-refractivity contribution >= 4 is 11.5 Å². The van der Waals surface area contributed by atoms with Crippen molar-refractivity contribution in [2.24, 2.45) is 5.41 Å². The standard InChI is InChI=1S/C19H25NO2/c1-14(21)16-4-3-15(18(2)12-22-13-18)11-17(16)20-9-7-19(5-6-19)8-10-20/h3-4,11H,5-10,12-13H2,1-2H3. The first-order chi connectivity index (χ1) is 10.5. The van der Waals surface area contributed by atoms with Crippen LogP contribution in [0.3, 0.4) is 0 Å². The Bertz CT molecular complexity index is 604. The van der Waals surface area contributed by atoms with E-state index in [4.69, 9.17) is 4.74 Å². The van der Waals surface area contributed by atoms with Crippen LogP contribution in [-0.4, -0.2) is 32.1 Å². The lowest BCUT2D eigenvalue weighted by Gasteiger charge is -2.40. The minimum Gasteiger partial charge on any atom is -0.379 e. The van der Waals surface area contributed by atoms with E-state index < -0.39 is 0 Å². The molecule has 0 amide bonds. The van der Waals surface area contributed by atoms with Gasteiger partial charge in [-0.3, -0.25) is 4.79 Å².